The molecule has 0 aromatic heterocycles. The lowest BCUT2D eigenvalue weighted by molar-refractivity contribution is -0.116. The number of carbonyl (C=O) groups is 2. The number of Topliss-reactive ketones (excluding diaryl/α,β-unsaturated/α-hetero) is 1. The topological polar surface area (TPSA) is 91.8 Å². The van der Waals surface area contributed by atoms with E-state index in [1.54, 1.807) is 27.7 Å². The molecule has 1 N–H and O–H groups in total. The van der Waals surface area contributed by atoms with E-state index in [-0.39, 0.29) is 18.2 Å². The SMILES string of the molecule is C[C@H](CCC(=O)C=[N+]=[N-])NC(=O)OC(C)(C)C. The molecule has 1 amide bonds. The number of carbonyl (C=O) groups excluding carboxylic acids is 2. The fourth-order valence-corrected chi connectivity index (χ4v) is 1.07. The largest absolute Gasteiger partial charge is 0.444 e. The van der Waals surface area contributed by atoms with Gasteiger partial charge in [0.05, 0.1) is 0 Å². The highest BCUT2D eigenvalue weighted by Crippen LogP contribution is 2.07. The zero-order chi connectivity index (χ0) is 13.5. The number of ketones is 1. The van der Waals surface area contributed by atoms with Crippen LogP contribution in [0.5, 0.6) is 0 Å². The first kappa shape index (κ1) is 15.3. The molecule has 0 saturated carbocycles. The first-order chi connectivity index (χ1) is 7.74. The zero-order valence-corrected chi connectivity index (χ0v) is 10.7. The summed E-state index contributed by atoms with van der Waals surface area (Å²) >= 11 is 0. The van der Waals surface area contributed by atoms with E-state index in [1.807, 2.05) is 0 Å². The summed E-state index contributed by atoms with van der Waals surface area (Å²) in [4.78, 5) is 25.0. The minimum atomic E-state index is -0.539. The second-order valence-electron chi connectivity index (χ2n) is 4.80. The fourth-order valence-electron chi connectivity index (χ4n) is 1.07. The van der Waals surface area contributed by atoms with Gasteiger partial charge >= 0.3 is 12.3 Å². The zero-order valence-electron chi connectivity index (χ0n) is 10.7. The molecule has 6 nitrogen and oxygen atoms in total. The lowest BCUT2D eigenvalue weighted by Gasteiger charge is -2.21. The lowest BCUT2D eigenvalue weighted by atomic mass is 10.1. The molecule has 96 valence electrons. The van der Waals surface area contributed by atoms with Crippen LogP contribution in [0.2, 0.25) is 0 Å². The average molecular weight is 241 g/mol. The number of nitrogens with zero attached hydrogens (tertiary/aromatic N) is 2. The summed E-state index contributed by atoms with van der Waals surface area (Å²) in [5, 5.41) is 2.61. The molecule has 0 aliphatic carbocycles. The third-order valence-corrected chi connectivity index (χ3v) is 1.79. The van der Waals surface area contributed by atoms with Gasteiger partial charge in [-0.25, -0.2) is 4.79 Å². The van der Waals surface area contributed by atoms with Crippen LogP contribution in [0.4, 0.5) is 4.79 Å². The van der Waals surface area contributed by atoms with Gasteiger partial charge in [0, 0.05) is 12.5 Å². The van der Waals surface area contributed by atoms with E-state index in [1.165, 1.54) is 0 Å². The van der Waals surface area contributed by atoms with Gasteiger partial charge in [0.15, 0.2) is 0 Å². The van der Waals surface area contributed by atoms with Crippen LogP contribution in [0.1, 0.15) is 40.5 Å². The summed E-state index contributed by atoms with van der Waals surface area (Å²) in [6.45, 7) is 7.10. The highest BCUT2D eigenvalue weighted by molar-refractivity contribution is 6.25. The van der Waals surface area contributed by atoms with E-state index in [0.29, 0.717) is 6.42 Å². The van der Waals surface area contributed by atoms with E-state index in [4.69, 9.17) is 10.3 Å². The van der Waals surface area contributed by atoms with Crippen LogP contribution in [0, 0.1) is 0 Å². The molecule has 6 heteroatoms. The molecule has 0 aliphatic rings. The van der Waals surface area contributed by atoms with Crippen molar-refractivity contribution >= 4 is 18.1 Å². The molecule has 0 radical (unpaired) electrons. The molecule has 0 fully saturated rings. The van der Waals surface area contributed by atoms with Gasteiger partial charge in [-0.1, -0.05) is 0 Å². The summed E-state index contributed by atoms with van der Waals surface area (Å²) in [5.74, 6) is -0.287. The van der Waals surface area contributed by atoms with Gasteiger partial charge in [-0.15, -0.1) is 0 Å². The highest BCUT2D eigenvalue weighted by Gasteiger charge is 2.18. The van der Waals surface area contributed by atoms with Crippen LogP contribution in [0.15, 0.2) is 0 Å². The predicted molar refractivity (Wildman–Crippen MR) is 62.8 cm³/mol. The van der Waals surface area contributed by atoms with Crippen molar-refractivity contribution in [3.05, 3.63) is 5.53 Å². The van der Waals surface area contributed by atoms with Crippen molar-refractivity contribution in [1.29, 1.82) is 0 Å². The van der Waals surface area contributed by atoms with Gasteiger partial charge < -0.3 is 15.6 Å². The Morgan fingerprint density at radius 1 is 1.47 bits per heavy atom. The number of amides is 1. The molecular formula is C11H19N3O3. The Kier molecular flexibility index (Phi) is 6.13. The molecule has 0 bridgehead atoms. The molecule has 0 spiro atoms. The molecule has 0 unspecified atom stereocenters. The number of nitrogens with one attached hydrogen (secondary N) is 1. The first-order valence-corrected chi connectivity index (χ1v) is 5.44. The Hall–Kier alpha value is -1.68. The van der Waals surface area contributed by atoms with Crippen molar-refractivity contribution in [2.45, 2.75) is 52.2 Å². The molecule has 17 heavy (non-hydrogen) atoms. The maximum absolute atomic E-state index is 11.4. The minimum Gasteiger partial charge on any atom is -0.444 e. The summed E-state index contributed by atoms with van der Waals surface area (Å²) in [7, 11) is 0. The third-order valence-electron chi connectivity index (χ3n) is 1.79. The van der Waals surface area contributed by atoms with Gasteiger partial charge in [0.25, 0.3) is 0 Å². The molecule has 0 aromatic carbocycles. The fraction of sp³-hybridized carbons (Fsp3) is 0.727. The normalized spacial score (nSPS) is 12.2. The second-order valence-corrected chi connectivity index (χ2v) is 4.80. The summed E-state index contributed by atoms with van der Waals surface area (Å²) < 4.78 is 5.06. The van der Waals surface area contributed by atoms with Gasteiger partial charge in [-0.05, 0) is 34.1 Å². The molecule has 1 atom stereocenters. The van der Waals surface area contributed by atoms with E-state index in [0.717, 1.165) is 6.21 Å². The van der Waals surface area contributed by atoms with Crippen LogP contribution in [0.3, 0.4) is 0 Å². The van der Waals surface area contributed by atoms with Gasteiger partial charge in [0.2, 0.25) is 5.78 Å². The Morgan fingerprint density at radius 2 is 2.06 bits per heavy atom. The van der Waals surface area contributed by atoms with Crippen LogP contribution >= 0.6 is 0 Å². The molecule has 0 aliphatic heterocycles. The van der Waals surface area contributed by atoms with Crippen molar-refractivity contribution in [2.24, 2.45) is 0 Å². The number of ether oxygens (including phenoxy) is 1. The van der Waals surface area contributed by atoms with E-state index >= 15 is 0 Å². The number of hydrogen-bond acceptors (Lipinski definition) is 3. The van der Waals surface area contributed by atoms with Crippen molar-refractivity contribution < 1.29 is 19.1 Å². The highest BCUT2D eigenvalue weighted by atomic mass is 16.6. The van der Waals surface area contributed by atoms with Crippen molar-refractivity contribution in [3.8, 4) is 0 Å². The minimum absolute atomic E-state index is 0.180. The van der Waals surface area contributed by atoms with Crippen LogP contribution < -0.4 is 5.32 Å². The van der Waals surface area contributed by atoms with Gasteiger partial charge in [-0.3, -0.25) is 4.79 Å². The van der Waals surface area contributed by atoms with Gasteiger partial charge in [-0.2, -0.15) is 4.79 Å². The number of hydrogen-bond donors (Lipinski definition) is 1. The Balaban J connectivity index is 3.94. The standard InChI is InChI=1S/C11H19N3O3/c1-8(5-6-9(15)7-13-12)14-10(16)17-11(2,3)4/h7-8H,5-6H2,1-4H3,(H,14,16)/t8-/m1/s1. The Morgan fingerprint density at radius 3 is 2.53 bits per heavy atom. The van der Waals surface area contributed by atoms with E-state index in [2.05, 4.69) is 10.1 Å². The number of alkyl carbamates (subject to hydrolysis) is 1. The predicted octanol–water partition coefficient (Wildman–Crippen LogP) is 1.55. The van der Waals surface area contributed by atoms with Gasteiger partial charge in [0.1, 0.15) is 5.60 Å². The molecule has 0 aromatic rings. The smallest absolute Gasteiger partial charge is 0.407 e. The monoisotopic (exact) mass is 241 g/mol. The first-order valence-electron chi connectivity index (χ1n) is 5.44. The van der Waals surface area contributed by atoms with Crippen LogP contribution in [-0.2, 0) is 9.53 Å². The second kappa shape index (κ2) is 6.81. The maximum Gasteiger partial charge on any atom is 0.407 e. The molecule has 0 saturated heterocycles. The Labute approximate surface area is 101 Å². The van der Waals surface area contributed by atoms with Crippen molar-refractivity contribution in [2.75, 3.05) is 0 Å². The summed E-state index contributed by atoms with van der Waals surface area (Å²) in [6.07, 6.45) is 1.01. The lowest BCUT2D eigenvalue weighted by Crippen LogP contribution is -2.37. The van der Waals surface area contributed by atoms with Crippen molar-refractivity contribution in [3.63, 3.8) is 0 Å². The molecular weight excluding hydrogens is 222 g/mol. The van der Waals surface area contributed by atoms with Crippen molar-refractivity contribution in [1.82, 2.24) is 5.32 Å². The summed E-state index contributed by atoms with van der Waals surface area (Å²) in [5.41, 5.74) is 7.60. The molecule has 0 heterocycles. The number of rotatable bonds is 5. The Bertz CT molecular complexity index is 327. The quantitative estimate of drug-likeness (QED) is 0.449. The third kappa shape index (κ3) is 9.26. The summed E-state index contributed by atoms with van der Waals surface area (Å²) in [6, 6.07) is -0.180. The van der Waals surface area contributed by atoms with E-state index in [9.17, 15) is 9.59 Å². The van der Waals surface area contributed by atoms with E-state index < -0.39 is 11.7 Å². The van der Waals surface area contributed by atoms with Crippen LogP contribution in [0.25, 0.3) is 5.53 Å². The average Bonchev–Trinajstić information content (AvgIpc) is 2.12. The molecule has 0 rings (SSSR count). The maximum atomic E-state index is 11.4. The van der Waals surface area contributed by atoms with Crippen LogP contribution in [-0.4, -0.2) is 34.5 Å².